The molecular formula is C18H23ClN4. The molecule has 1 aromatic heterocycles. The molecule has 1 aromatic carbocycles. The first-order valence-corrected chi connectivity index (χ1v) is 8.60. The van der Waals surface area contributed by atoms with E-state index in [4.69, 9.17) is 11.6 Å². The van der Waals surface area contributed by atoms with Crippen LogP contribution in [0.5, 0.6) is 0 Å². The second-order valence-corrected chi connectivity index (χ2v) is 6.63. The summed E-state index contributed by atoms with van der Waals surface area (Å²) in [5.74, 6) is 1.46. The van der Waals surface area contributed by atoms with Crippen molar-refractivity contribution in [3.8, 4) is 11.3 Å². The Labute approximate surface area is 142 Å². The van der Waals surface area contributed by atoms with E-state index in [1.807, 2.05) is 30.3 Å². The molecule has 1 aliphatic heterocycles. The van der Waals surface area contributed by atoms with Gasteiger partial charge >= 0.3 is 0 Å². The number of anilines is 1. The molecule has 23 heavy (non-hydrogen) atoms. The lowest BCUT2D eigenvalue weighted by atomic mass is 9.94. The van der Waals surface area contributed by atoms with Gasteiger partial charge in [-0.1, -0.05) is 41.9 Å². The van der Waals surface area contributed by atoms with E-state index in [0.717, 1.165) is 23.7 Å². The summed E-state index contributed by atoms with van der Waals surface area (Å²) < 4.78 is 0. The van der Waals surface area contributed by atoms with E-state index in [2.05, 4.69) is 27.2 Å². The van der Waals surface area contributed by atoms with Crippen molar-refractivity contribution in [2.24, 2.45) is 5.92 Å². The Morgan fingerprint density at radius 2 is 1.96 bits per heavy atom. The van der Waals surface area contributed by atoms with Crippen LogP contribution < -0.4 is 5.32 Å². The van der Waals surface area contributed by atoms with Gasteiger partial charge in [0.1, 0.15) is 0 Å². The van der Waals surface area contributed by atoms with E-state index < -0.39 is 0 Å². The number of benzene rings is 1. The molecule has 0 amide bonds. The zero-order valence-electron chi connectivity index (χ0n) is 13.5. The summed E-state index contributed by atoms with van der Waals surface area (Å²) in [5.41, 5.74) is 1.79. The Hall–Kier alpha value is -1.65. The molecule has 3 rings (SSSR count). The molecule has 2 heterocycles. The van der Waals surface area contributed by atoms with Gasteiger partial charge in [0.25, 0.3) is 0 Å². The molecule has 0 unspecified atom stereocenters. The lowest BCUT2D eigenvalue weighted by molar-refractivity contribution is 0.215. The van der Waals surface area contributed by atoms with Crippen LogP contribution in [0.15, 0.2) is 36.5 Å². The molecule has 1 fully saturated rings. The lowest BCUT2D eigenvalue weighted by Gasteiger charge is -2.28. The molecule has 5 heteroatoms. The highest BCUT2D eigenvalue weighted by Gasteiger charge is 2.16. The predicted molar refractivity (Wildman–Crippen MR) is 95.8 cm³/mol. The Kier molecular flexibility index (Phi) is 5.47. The molecule has 0 saturated carbocycles. The molecular weight excluding hydrogens is 308 g/mol. The first-order valence-electron chi connectivity index (χ1n) is 8.23. The minimum atomic E-state index is 0.581. The third-order valence-corrected chi connectivity index (χ3v) is 4.74. The summed E-state index contributed by atoms with van der Waals surface area (Å²) in [4.78, 5) is 11.3. The summed E-state index contributed by atoms with van der Waals surface area (Å²) in [5, 5.41) is 3.93. The van der Waals surface area contributed by atoms with Crippen LogP contribution in [0.4, 0.5) is 5.95 Å². The third-order valence-electron chi connectivity index (χ3n) is 4.47. The van der Waals surface area contributed by atoms with Crippen LogP contribution in [0.2, 0.25) is 5.02 Å². The average Bonchev–Trinajstić information content (AvgIpc) is 2.59. The average molecular weight is 331 g/mol. The van der Waals surface area contributed by atoms with Gasteiger partial charge in [-0.05, 0) is 45.3 Å². The van der Waals surface area contributed by atoms with E-state index in [1.54, 1.807) is 6.20 Å². The smallest absolute Gasteiger partial charge is 0.223 e. The van der Waals surface area contributed by atoms with Crippen LogP contribution in [-0.2, 0) is 0 Å². The van der Waals surface area contributed by atoms with E-state index in [9.17, 15) is 0 Å². The second-order valence-electron chi connectivity index (χ2n) is 6.22. The van der Waals surface area contributed by atoms with Gasteiger partial charge in [0.2, 0.25) is 5.95 Å². The number of hydrogen-bond donors (Lipinski definition) is 1. The number of rotatable bonds is 5. The van der Waals surface area contributed by atoms with Crippen molar-refractivity contribution < 1.29 is 0 Å². The van der Waals surface area contributed by atoms with Crippen molar-refractivity contribution in [3.05, 3.63) is 41.6 Å². The first kappa shape index (κ1) is 16.2. The van der Waals surface area contributed by atoms with Crippen molar-refractivity contribution in [1.82, 2.24) is 14.9 Å². The summed E-state index contributed by atoms with van der Waals surface area (Å²) >= 11 is 6.24. The molecule has 0 spiro atoms. The Balaban J connectivity index is 1.58. The van der Waals surface area contributed by atoms with Gasteiger partial charge in [0, 0.05) is 12.1 Å². The fourth-order valence-electron chi connectivity index (χ4n) is 2.99. The molecule has 1 N–H and O–H groups in total. The van der Waals surface area contributed by atoms with Gasteiger partial charge in [-0.15, -0.1) is 0 Å². The normalized spacial score (nSPS) is 16.4. The molecule has 0 radical (unpaired) electrons. The summed E-state index contributed by atoms with van der Waals surface area (Å²) in [7, 11) is 2.20. The first-order chi connectivity index (χ1) is 11.2. The molecule has 1 saturated heterocycles. The van der Waals surface area contributed by atoms with Crippen LogP contribution in [0.25, 0.3) is 11.3 Å². The fourth-order valence-corrected chi connectivity index (χ4v) is 3.19. The second kappa shape index (κ2) is 7.75. The van der Waals surface area contributed by atoms with Crippen molar-refractivity contribution in [2.45, 2.75) is 19.3 Å². The maximum Gasteiger partial charge on any atom is 0.223 e. The molecule has 2 aromatic rings. The fraction of sp³-hybridized carbons (Fsp3) is 0.444. The van der Waals surface area contributed by atoms with E-state index in [-0.39, 0.29) is 0 Å². The van der Waals surface area contributed by atoms with Gasteiger partial charge < -0.3 is 10.2 Å². The van der Waals surface area contributed by atoms with Crippen LogP contribution in [0.3, 0.4) is 0 Å². The van der Waals surface area contributed by atoms with Gasteiger partial charge in [0.05, 0.1) is 16.9 Å². The quantitative estimate of drug-likeness (QED) is 0.901. The van der Waals surface area contributed by atoms with Crippen molar-refractivity contribution in [2.75, 3.05) is 32.0 Å². The molecule has 0 aliphatic carbocycles. The number of aromatic nitrogens is 2. The maximum absolute atomic E-state index is 6.24. The maximum atomic E-state index is 6.24. The zero-order valence-corrected chi connectivity index (χ0v) is 14.3. The van der Waals surface area contributed by atoms with Crippen LogP contribution in [-0.4, -0.2) is 41.5 Å². The van der Waals surface area contributed by atoms with Crippen LogP contribution in [0.1, 0.15) is 19.3 Å². The SMILES string of the molecule is CN1CCC(CCNc2ncc(Cl)c(-c3ccccc3)n2)CC1. The van der Waals surface area contributed by atoms with Crippen molar-refractivity contribution in [1.29, 1.82) is 0 Å². The van der Waals surface area contributed by atoms with Gasteiger partial charge in [-0.25, -0.2) is 9.97 Å². The standard InChI is InChI=1S/C18H23ClN4/c1-23-11-8-14(9-12-23)7-10-20-18-21-13-16(19)17(22-18)15-5-3-2-4-6-15/h2-6,13-14H,7-12H2,1H3,(H,20,21,22). The lowest BCUT2D eigenvalue weighted by Crippen LogP contribution is -2.30. The minimum Gasteiger partial charge on any atom is -0.354 e. The van der Waals surface area contributed by atoms with Gasteiger partial charge in [0.15, 0.2) is 0 Å². The Bertz CT molecular complexity index is 624. The largest absolute Gasteiger partial charge is 0.354 e. The van der Waals surface area contributed by atoms with E-state index >= 15 is 0 Å². The zero-order chi connectivity index (χ0) is 16.1. The number of nitrogens with zero attached hydrogens (tertiary/aromatic N) is 3. The van der Waals surface area contributed by atoms with Crippen molar-refractivity contribution >= 4 is 17.5 Å². The molecule has 1 aliphatic rings. The van der Waals surface area contributed by atoms with Gasteiger partial charge in [-0.3, -0.25) is 0 Å². The summed E-state index contributed by atoms with van der Waals surface area (Å²) in [6, 6.07) is 9.98. The Morgan fingerprint density at radius 1 is 1.22 bits per heavy atom. The number of nitrogens with one attached hydrogen (secondary N) is 1. The highest BCUT2D eigenvalue weighted by molar-refractivity contribution is 6.32. The summed E-state index contributed by atoms with van der Waals surface area (Å²) in [6.45, 7) is 3.32. The topological polar surface area (TPSA) is 41.0 Å². The number of hydrogen-bond acceptors (Lipinski definition) is 4. The predicted octanol–water partition coefficient (Wildman–Crippen LogP) is 3.94. The van der Waals surface area contributed by atoms with E-state index in [1.165, 1.54) is 32.4 Å². The Morgan fingerprint density at radius 3 is 2.70 bits per heavy atom. The third kappa shape index (κ3) is 4.43. The number of halogens is 1. The molecule has 0 atom stereocenters. The molecule has 122 valence electrons. The molecule has 4 nitrogen and oxygen atoms in total. The van der Waals surface area contributed by atoms with Crippen LogP contribution in [0, 0.1) is 5.92 Å². The monoisotopic (exact) mass is 330 g/mol. The van der Waals surface area contributed by atoms with Crippen molar-refractivity contribution in [3.63, 3.8) is 0 Å². The highest BCUT2D eigenvalue weighted by Crippen LogP contribution is 2.26. The van der Waals surface area contributed by atoms with Gasteiger partial charge in [-0.2, -0.15) is 0 Å². The highest BCUT2D eigenvalue weighted by atomic mass is 35.5. The number of piperidine rings is 1. The summed E-state index contributed by atoms with van der Waals surface area (Å²) in [6.07, 6.45) is 5.42. The van der Waals surface area contributed by atoms with E-state index in [0.29, 0.717) is 11.0 Å². The molecule has 0 bridgehead atoms. The van der Waals surface area contributed by atoms with Crippen LogP contribution >= 0.6 is 11.6 Å². The minimum absolute atomic E-state index is 0.581. The number of likely N-dealkylation sites (tertiary alicyclic amines) is 1.